The molecule has 5 rings (SSSR count). The molecule has 0 aliphatic carbocycles. The summed E-state index contributed by atoms with van der Waals surface area (Å²) in [5.74, 6) is 1.10. The molecule has 3 aliphatic rings. The van der Waals surface area contributed by atoms with E-state index in [0.717, 1.165) is 25.9 Å². The topological polar surface area (TPSA) is 91.6 Å². The number of anilines is 4. The first-order valence-electron chi connectivity index (χ1n) is 10.7. The van der Waals surface area contributed by atoms with Crippen LogP contribution in [-0.2, 0) is 10.4 Å². The van der Waals surface area contributed by atoms with Crippen LogP contribution in [0, 0.1) is 0 Å². The molecule has 2 aromatic rings. The van der Waals surface area contributed by atoms with Gasteiger partial charge in [0.15, 0.2) is 0 Å². The highest BCUT2D eigenvalue weighted by Crippen LogP contribution is 2.43. The molecular formula is C21H27F2N7O. The summed E-state index contributed by atoms with van der Waals surface area (Å²) in [4.78, 5) is 13.5. The highest BCUT2D eigenvalue weighted by atomic mass is 19.3. The second-order valence-corrected chi connectivity index (χ2v) is 8.24. The molecule has 0 spiro atoms. The number of fused-ring (bicyclic) bond motifs is 1. The number of aromatic nitrogens is 2. The highest BCUT2D eigenvalue weighted by molar-refractivity contribution is 5.77. The Morgan fingerprint density at radius 2 is 1.65 bits per heavy atom. The van der Waals surface area contributed by atoms with Crippen LogP contribution in [0.2, 0.25) is 0 Å². The Kier molecular flexibility index (Phi) is 5.27. The van der Waals surface area contributed by atoms with Crippen LogP contribution < -0.4 is 26.2 Å². The Bertz CT molecular complexity index is 905. The number of ether oxygens (including phenoxy) is 1. The van der Waals surface area contributed by atoms with E-state index in [1.807, 2.05) is 17.0 Å². The van der Waals surface area contributed by atoms with Crippen LogP contribution in [0.1, 0.15) is 18.5 Å². The summed E-state index contributed by atoms with van der Waals surface area (Å²) in [6.07, 6.45) is -1.06. The quantitative estimate of drug-likeness (QED) is 0.679. The number of rotatable bonds is 4. The predicted octanol–water partition coefficient (Wildman–Crippen LogP) is 2.20. The summed E-state index contributed by atoms with van der Waals surface area (Å²) in [5.41, 5.74) is 5.71. The molecule has 8 nitrogen and oxygen atoms in total. The van der Waals surface area contributed by atoms with Gasteiger partial charge in [-0.3, -0.25) is 0 Å². The Balaban J connectivity index is 1.57. The predicted molar refractivity (Wildman–Crippen MR) is 116 cm³/mol. The van der Waals surface area contributed by atoms with Crippen LogP contribution in [0.25, 0.3) is 0 Å². The van der Waals surface area contributed by atoms with Crippen LogP contribution in [0.4, 0.5) is 31.9 Å². The maximum Gasteiger partial charge on any atom is 0.285 e. The average Bonchev–Trinajstić information content (AvgIpc) is 3.21. The number of benzene rings is 1. The van der Waals surface area contributed by atoms with Crippen molar-refractivity contribution in [1.82, 2.24) is 9.97 Å². The Hall–Kier alpha value is -2.72. The zero-order chi connectivity index (χ0) is 21.4. The number of alkyl halides is 2. The van der Waals surface area contributed by atoms with Crippen LogP contribution in [0.5, 0.6) is 0 Å². The van der Waals surface area contributed by atoms with E-state index in [0.29, 0.717) is 49.4 Å². The summed E-state index contributed by atoms with van der Waals surface area (Å²) >= 11 is 0. The van der Waals surface area contributed by atoms with Crippen LogP contribution >= 0.6 is 0 Å². The smallest absolute Gasteiger partial charge is 0.285 e. The maximum absolute atomic E-state index is 14.6. The van der Waals surface area contributed by atoms with E-state index in [1.165, 1.54) is 0 Å². The SMILES string of the molecule is NC1CCN(c2cc(C3(C(F)F)Nc4ccccc4N3)nc(N3CCOCC3)n2)CC1. The molecule has 0 radical (unpaired) electrons. The second-order valence-electron chi connectivity index (χ2n) is 8.24. The van der Waals surface area contributed by atoms with Crippen LogP contribution in [0.3, 0.4) is 0 Å². The molecule has 0 bridgehead atoms. The molecule has 0 atom stereocenters. The fourth-order valence-corrected chi connectivity index (χ4v) is 4.33. The summed E-state index contributed by atoms with van der Waals surface area (Å²) in [6, 6.07) is 9.04. The number of hydrogen-bond donors (Lipinski definition) is 3. The Labute approximate surface area is 179 Å². The third-order valence-corrected chi connectivity index (χ3v) is 6.18. The van der Waals surface area contributed by atoms with Crippen molar-refractivity contribution in [3.05, 3.63) is 36.0 Å². The van der Waals surface area contributed by atoms with Crippen LogP contribution in [-0.4, -0.2) is 61.8 Å². The molecule has 166 valence electrons. The normalized spacial score (nSPS) is 21.0. The monoisotopic (exact) mass is 431 g/mol. The van der Waals surface area contributed by atoms with Crippen molar-refractivity contribution in [3.63, 3.8) is 0 Å². The lowest BCUT2D eigenvalue weighted by atomic mass is 10.0. The number of hydrogen-bond acceptors (Lipinski definition) is 8. The van der Waals surface area contributed by atoms with Crippen molar-refractivity contribution in [3.8, 4) is 0 Å². The first-order chi connectivity index (χ1) is 15.0. The molecule has 2 fully saturated rings. The second kappa shape index (κ2) is 8.08. The Morgan fingerprint density at radius 1 is 1.00 bits per heavy atom. The van der Waals surface area contributed by atoms with Crippen molar-refractivity contribution in [2.24, 2.45) is 5.73 Å². The van der Waals surface area contributed by atoms with Gasteiger partial charge < -0.3 is 30.9 Å². The van der Waals surface area contributed by atoms with E-state index in [1.54, 1.807) is 18.2 Å². The molecule has 10 heteroatoms. The minimum absolute atomic E-state index is 0.163. The first-order valence-corrected chi connectivity index (χ1v) is 10.7. The number of nitrogens with zero attached hydrogens (tertiary/aromatic N) is 4. The lowest BCUT2D eigenvalue weighted by molar-refractivity contribution is 0.0794. The molecule has 4 N–H and O–H groups in total. The molecule has 1 aromatic heterocycles. The minimum atomic E-state index is -2.74. The third-order valence-electron chi connectivity index (χ3n) is 6.18. The van der Waals surface area contributed by atoms with Gasteiger partial charge in [0.2, 0.25) is 11.6 Å². The molecule has 3 aliphatic heterocycles. The van der Waals surface area contributed by atoms with Gasteiger partial charge in [0.05, 0.1) is 30.3 Å². The first kappa shape index (κ1) is 20.2. The van der Waals surface area contributed by atoms with Gasteiger partial charge in [-0.05, 0) is 25.0 Å². The zero-order valence-electron chi connectivity index (χ0n) is 17.2. The summed E-state index contributed by atoms with van der Waals surface area (Å²) in [5, 5.41) is 6.00. The van der Waals surface area contributed by atoms with Crippen molar-refractivity contribution in [2.45, 2.75) is 31.0 Å². The van der Waals surface area contributed by atoms with Crippen molar-refractivity contribution in [2.75, 3.05) is 59.8 Å². The van der Waals surface area contributed by atoms with E-state index in [-0.39, 0.29) is 11.7 Å². The van der Waals surface area contributed by atoms with E-state index in [9.17, 15) is 8.78 Å². The number of halogens is 2. The Morgan fingerprint density at radius 3 is 2.26 bits per heavy atom. The average molecular weight is 431 g/mol. The molecule has 0 amide bonds. The summed E-state index contributed by atoms with van der Waals surface area (Å²) in [7, 11) is 0. The van der Waals surface area contributed by atoms with Gasteiger partial charge in [0, 0.05) is 38.3 Å². The van der Waals surface area contributed by atoms with Gasteiger partial charge in [0.25, 0.3) is 6.43 Å². The molecule has 0 unspecified atom stereocenters. The lowest BCUT2D eigenvalue weighted by Crippen LogP contribution is -2.47. The van der Waals surface area contributed by atoms with Gasteiger partial charge in [0.1, 0.15) is 5.82 Å². The molecule has 31 heavy (non-hydrogen) atoms. The van der Waals surface area contributed by atoms with Gasteiger partial charge in [-0.15, -0.1) is 0 Å². The van der Waals surface area contributed by atoms with Crippen molar-refractivity contribution >= 4 is 23.1 Å². The fourth-order valence-electron chi connectivity index (χ4n) is 4.33. The molecule has 2 saturated heterocycles. The number of para-hydroxylation sites is 2. The van der Waals surface area contributed by atoms with E-state index >= 15 is 0 Å². The molecule has 0 saturated carbocycles. The van der Waals surface area contributed by atoms with E-state index < -0.39 is 12.1 Å². The van der Waals surface area contributed by atoms with Crippen molar-refractivity contribution < 1.29 is 13.5 Å². The molecule has 4 heterocycles. The number of morpholine rings is 1. The van der Waals surface area contributed by atoms with E-state index in [2.05, 4.69) is 20.5 Å². The van der Waals surface area contributed by atoms with Gasteiger partial charge in [-0.1, -0.05) is 12.1 Å². The number of piperidine rings is 1. The maximum atomic E-state index is 14.6. The summed E-state index contributed by atoms with van der Waals surface area (Å²) < 4.78 is 34.6. The van der Waals surface area contributed by atoms with Gasteiger partial charge in [-0.2, -0.15) is 4.98 Å². The zero-order valence-corrected chi connectivity index (χ0v) is 17.2. The summed E-state index contributed by atoms with van der Waals surface area (Å²) in [6.45, 7) is 3.84. The van der Waals surface area contributed by atoms with Gasteiger partial charge >= 0.3 is 0 Å². The standard InChI is InChI=1S/C21H27F2N7O/c22-19(23)21(27-15-3-1-2-4-16(15)28-21)17-13-18(29-7-5-14(24)6-8-29)26-20(25-17)30-9-11-31-12-10-30/h1-4,13-14,19,27-28H,5-12,24H2. The largest absolute Gasteiger partial charge is 0.378 e. The number of nitrogens with one attached hydrogen (secondary N) is 2. The highest BCUT2D eigenvalue weighted by Gasteiger charge is 2.48. The minimum Gasteiger partial charge on any atom is -0.378 e. The van der Waals surface area contributed by atoms with Crippen molar-refractivity contribution in [1.29, 1.82) is 0 Å². The van der Waals surface area contributed by atoms with Gasteiger partial charge in [-0.25, -0.2) is 13.8 Å². The van der Waals surface area contributed by atoms with Crippen LogP contribution in [0.15, 0.2) is 30.3 Å². The molecular weight excluding hydrogens is 404 g/mol. The van der Waals surface area contributed by atoms with E-state index in [4.69, 9.17) is 15.5 Å². The third kappa shape index (κ3) is 3.74. The fraction of sp³-hybridized carbons (Fsp3) is 0.524. The lowest BCUT2D eigenvalue weighted by Gasteiger charge is -2.35. The molecule has 1 aromatic carbocycles. The number of nitrogens with two attached hydrogens (primary N) is 1.